The molecule has 0 saturated carbocycles. The summed E-state index contributed by atoms with van der Waals surface area (Å²) in [6.07, 6.45) is 3.38. The summed E-state index contributed by atoms with van der Waals surface area (Å²) in [7, 11) is 1.56. The quantitative estimate of drug-likeness (QED) is 0.470. The van der Waals surface area contributed by atoms with Gasteiger partial charge in [-0.25, -0.2) is 14.6 Å². The number of hydrogen-bond donors (Lipinski definition) is 2. The number of pyridine rings is 1. The molecule has 3 aromatic heterocycles. The lowest BCUT2D eigenvalue weighted by Gasteiger charge is -2.28. The van der Waals surface area contributed by atoms with E-state index in [1.165, 1.54) is 4.57 Å². The zero-order chi connectivity index (χ0) is 23.0. The fourth-order valence-electron chi connectivity index (χ4n) is 3.48. The van der Waals surface area contributed by atoms with Crippen LogP contribution in [0.1, 0.15) is 32.4 Å². The summed E-state index contributed by atoms with van der Waals surface area (Å²) >= 11 is 0. The number of nitrogen functional groups attached to an aromatic ring is 1. The first-order valence-electron chi connectivity index (χ1n) is 10.1. The Morgan fingerprint density at radius 3 is 2.72 bits per heavy atom. The number of nitrogens with zero attached hydrogens (tertiary/aromatic N) is 6. The molecule has 0 bridgehead atoms. The Morgan fingerprint density at radius 2 is 2.00 bits per heavy atom. The standard InChI is InChI=1S/C22H25N7O3/c1-13(22(2,3)31)29-10-6-7-14(20(29)30)11-28-12-16(26-27-28)18-15-8-5-9-17(32-4)19(15)25-21(23)24-18/h5-10,12-13,31H,11H2,1-4H3,(H2,23,24,25)/t13-/m1/s1. The number of anilines is 1. The van der Waals surface area contributed by atoms with E-state index in [4.69, 9.17) is 10.5 Å². The summed E-state index contributed by atoms with van der Waals surface area (Å²) < 4.78 is 8.47. The lowest BCUT2D eigenvalue weighted by atomic mass is 10.0. The maximum Gasteiger partial charge on any atom is 0.255 e. The van der Waals surface area contributed by atoms with Gasteiger partial charge in [-0.3, -0.25) is 4.79 Å². The number of methoxy groups -OCH3 is 1. The molecule has 10 heteroatoms. The predicted octanol–water partition coefficient (Wildman–Crippen LogP) is 2.02. The number of rotatable bonds is 6. The van der Waals surface area contributed by atoms with Crippen molar-refractivity contribution < 1.29 is 9.84 Å². The Balaban J connectivity index is 1.71. The molecule has 4 rings (SSSR count). The van der Waals surface area contributed by atoms with Gasteiger partial charge in [-0.1, -0.05) is 23.4 Å². The largest absolute Gasteiger partial charge is 0.494 e. The van der Waals surface area contributed by atoms with Gasteiger partial charge in [0.2, 0.25) is 5.95 Å². The number of nitrogens with two attached hydrogens (primary N) is 1. The topological polar surface area (TPSA) is 134 Å². The summed E-state index contributed by atoms with van der Waals surface area (Å²) in [5, 5.41) is 19.4. The molecule has 10 nitrogen and oxygen atoms in total. The Kier molecular flexibility index (Phi) is 5.39. The second-order valence-electron chi connectivity index (χ2n) is 8.16. The van der Waals surface area contributed by atoms with E-state index in [9.17, 15) is 9.90 Å². The van der Waals surface area contributed by atoms with Gasteiger partial charge < -0.3 is 20.1 Å². The normalized spacial score (nSPS) is 12.8. The zero-order valence-corrected chi connectivity index (χ0v) is 18.4. The Hall–Kier alpha value is -3.79. The van der Waals surface area contributed by atoms with Gasteiger partial charge in [0.1, 0.15) is 22.7 Å². The highest BCUT2D eigenvalue weighted by Crippen LogP contribution is 2.30. The van der Waals surface area contributed by atoms with Gasteiger partial charge in [0.05, 0.1) is 31.5 Å². The number of aromatic nitrogens is 6. The molecule has 4 aromatic rings. The third-order valence-electron chi connectivity index (χ3n) is 5.53. The Bertz CT molecular complexity index is 1340. The average Bonchev–Trinajstić information content (AvgIpc) is 3.21. The van der Waals surface area contributed by atoms with Crippen LogP contribution in [0.2, 0.25) is 0 Å². The van der Waals surface area contributed by atoms with E-state index in [1.807, 2.05) is 12.1 Å². The molecular formula is C22H25N7O3. The number of aliphatic hydroxyl groups is 1. The molecule has 1 atom stereocenters. The first-order valence-corrected chi connectivity index (χ1v) is 10.1. The molecule has 1 aromatic carbocycles. The van der Waals surface area contributed by atoms with Crippen molar-refractivity contribution in [2.75, 3.05) is 12.8 Å². The van der Waals surface area contributed by atoms with Gasteiger partial charge in [0.25, 0.3) is 5.56 Å². The van der Waals surface area contributed by atoms with E-state index in [1.54, 1.807) is 63.2 Å². The van der Waals surface area contributed by atoms with E-state index < -0.39 is 11.6 Å². The van der Waals surface area contributed by atoms with Crippen molar-refractivity contribution in [1.29, 1.82) is 0 Å². The van der Waals surface area contributed by atoms with E-state index in [0.29, 0.717) is 28.2 Å². The van der Waals surface area contributed by atoms with Gasteiger partial charge in [0.15, 0.2) is 0 Å². The molecule has 0 aliphatic heterocycles. The molecule has 3 N–H and O–H groups in total. The third-order valence-corrected chi connectivity index (χ3v) is 5.53. The number of benzene rings is 1. The Morgan fingerprint density at radius 1 is 1.22 bits per heavy atom. The first-order chi connectivity index (χ1) is 15.2. The van der Waals surface area contributed by atoms with Crippen molar-refractivity contribution in [2.45, 2.75) is 39.0 Å². The van der Waals surface area contributed by atoms with Crippen LogP contribution in [0.4, 0.5) is 5.95 Å². The summed E-state index contributed by atoms with van der Waals surface area (Å²) in [6, 6.07) is 8.61. The van der Waals surface area contributed by atoms with Crippen LogP contribution in [0.3, 0.4) is 0 Å². The van der Waals surface area contributed by atoms with Crippen molar-refractivity contribution >= 4 is 16.9 Å². The molecule has 0 fully saturated rings. The van der Waals surface area contributed by atoms with Crippen molar-refractivity contribution in [3.63, 3.8) is 0 Å². The lowest BCUT2D eigenvalue weighted by molar-refractivity contribution is 0.0291. The summed E-state index contributed by atoms with van der Waals surface area (Å²) in [4.78, 5) is 21.6. The van der Waals surface area contributed by atoms with E-state index in [0.717, 1.165) is 5.39 Å². The number of ether oxygens (including phenoxy) is 1. The summed E-state index contributed by atoms with van der Waals surface area (Å²) in [6.45, 7) is 5.37. The fourth-order valence-corrected chi connectivity index (χ4v) is 3.48. The molecule has 3 heterocycles. The van der Waals surface area contributed by atoms with Crippen LogP contribution in [-0.4, -0.2) is 47.3 Å². The van der Waals surface area contributed by atoms with E-state index >= 15 is 0 Å². The van der Waals surface area contributed by atoms with E-state index in [-0.39, 0.29) is 18.1 Å². The zero-order valence-electron chi connectivity index (χ0n) is 18.4. The number of hydrogen-bond acceptors (Lipinski definition) is 8. The van der Waals surface area contributed by atoms with Crippen LogP contribution in [0, 0.1) is 0 Å². The molecule has 0 amide bonds. The summed E-state index contributed by atoms with van der Waals surface area (Å²) in [5.74, 6) is 0.675. The first kappa shape index (κ1) is 21.4. The summed E-state index contributed by atoms with van der Waals surface area (Å²) in [5.41, 5.74) is 6.81. The molecule has 0 aliphatic carbocycles. The van der Waals surface area contributed by atoms with Crippen molar-refractivity contribution in [2.24, 2.45) is 0 Å². The minimum Gasteiger partial charge on any atom is -0.494 e. The van der Waals surface area contributed by atoms with Gasteiger partial charge in [-0.15, -0.1) is 5.10 Å². The lowest BCUT2D eigenvalue weighted by Crippen LogP contribution is -2.37. The minimum atomic E-state index is -1.04. The highest BCUT2D eigenvalue weighted by atomic mass is 16.5. The van der Waals surface area contributed by atoms with Crippen LogP contribution in [0.25, 0.3) is 22.3 Å². The molecule has 0 radical (unpaired) electrons. The van der Waals surface area contributed by atoms with Crippen molar-refractivity contribution in [3.8, 4) is 17.1 Å². The molecule has 0 unspecified atom stereocenters. The molecule has 32 heavy (non-hydrogen) atoms. The fraction of sp³-hybridized carbons (Fsp3) is 0.318. The van der Waals surface area contributed by atoms with Gasteiger partial charge in [-0.05, 0) is 32.9 Å². The van der Waals surface area contributed by atoms with Crippen LogP contribution in [-0.2, 0) is 6.54 Å². The monoisotopic (exact) mass is 435 g/mol. The minimum absolute atomic E-state index is 0.0955. The highest BCUT2D eigenvalue weighted by molar-refractivity contribution is 5.95. The van der Waals surface area contributed by atoms with Gasteiger partial charge in [-0.2, -0.15) is 0 Å². The molecule has 166 valence electrons. The average molecular weight is 435 g/mol. The second-order valence-corrected chi connectivity index (χ2v) is 8.16. The van der Waals surface area contributed by atoms with Gasteiger partial charge >= 0.3 is 0 Å². The van der Waals surface area contributed by atoms with Crippen LogP contribution >= 0.6 is 0 Å². The van der Waals surface area contributed by atoms with Crippen molar-refractivity contribution in [1.82, 2.24) is 29.5 Å². The number of para-hydroxylation sites is 1. The maximum absolute atomic E-state index is 13.0. The predicted molar refractivity (Wildman–Crippen MR) is 120 cm³/mol. The molecular weight excluding hydrogens is 410 g/mol. The van der Waals surface area contributed by atoms with E-state index in [2.05, 4.69) is 20.3 Å². The molecule has 0 aliphatic rings. The second kappa shape index (κ2) is 8.04. The smallest absolute Gasteiger partial charge is 0.255 e. The van der Waals surface area contributed by atoms with Crippen molar-refractivity contribution in [3.05, 3.63) is 58.6 Å². The number of fused-ring (bicyclic) bond motifs is 1. The van der Waals surface area contributed by atoms with Crippen LogP contribution in [0.5, 0.6) is 5.75 Å². The third kappa shape index (κ3) is 3.92. The van der Waals surface area contributed by atoms with Crippen LogP contribution < -0.4 is 16.0 Å². The SMILES string of the molecule is COc1cccc2c(-c3cn(Cc4cccn([C@H](C)C(C)(C)O)c4=O)nn3)nc(N)nc12. The maximum atomic E-state index is 13.0. The van der Waals surface area contributed by atoms with Crippen LogP contribution in [0.15, 0.2) is 47.5 Å². The molecule has 0 spiro atoms. The van der Waals surface area contributed by atoms with Gasteiger partial charge in [0, 0.05) is 17.1 Å². The highest BCUT2D eigenvalue weighted by Gasteiger charge is 2.25. The molecule has 0 saturated heterocycles. The Labute approximate surface area is 184 Å².